The molecule has 2 rings (SSSR count). The fourth-order valence-corrected chi connectivity index (χ4v) is 2.14. The zero-order valence-electron chi connectivity index (χ0n) is 12.3. The van der Waals surface area contributed by atoms with Crippen molar-refractivity contribution in [1.29, 1.82) is 0 Å². The number of esters is 1. The average molecular weight is 286 g/mol. The lowest BCUT2D eigenvalue weighted by atomic mass is 9.88. The molecular formula is C17H18O4. The molecule has 0 aliphatic rings. The van der Waals surface area contributed by atoms with E-state index in [1.807, 2.05) is 18.2 Å². The SMILES string of the molecule is COC(=O)c1ccc([C@@](C)(O)c2cccc(OC)c2)cc1. The highest BCUT2D eigenvalue weighted by Gasteiger charge is 2.26. The van der Waals surface area contributed by atoms with Crippen LogP contribution in [0.3, 0.4) is 0 Å². The summed E-state index contributed by atoms with van der Waals surface area (Å²) in [7, 11) is 2.92. The average Bonchev–Trinajstić information content (AvgIpc) is 2.54. The maximum atomic E-state index is 11.4. The summed E-state index contributed by atoms with van der Waals surface area (Å²) in [6.45, 7) is 1.70. The minimum atomic E-state index is -1.18. The first kappa shape index (κ1) is 15.1. The van der Waals surface area contributed by atoms with Crippen LogP contribution in [0.4, 0.5) is 0 Å². The van der Waals surface area contributed by atoms with Gasteiger partial charge in [0.15, 0.2) is 0 Å². The summed E-state index contributed by atoms with van der Waals surface area (Å²) in [6.07, 6.45) is 0. The van der Waals surface area contributed by atoms with Crippen LogP contribution in [0.5, 0.6) is 5.75 Å². The molecule has 0 unspecified atom stereocenters. The zero-order valence-corrected chi connectivity index (χ0v) is 12.3. The van der Waals surface area contributed by atoms with Gasteiger partial charge in [0.2, 0.25) is 0 Å². The lowest BCUT2D eigenvalue weighted by Gasteiger charge is -2.25. The Balaban J connectivity index is 2.36. The summed E-state index contributed by atoms with van der Waals surface area (Å²) in [5, 5.41) is 10.8. The maximum absolute atomic E-state index is 11.4. The molecule has 21 heavy (non-hydrogen) atoms. The van der Waals surface area contributed by atoms with E-state index in [4.69, 9.17) is 4.74 Å². The number of carbonyl (C=O) groups excluding carboxylic acids is 1. The van der Waals surface area contributed by atoms with Crippen molar-refractivity contribution in [1.82, 2.24) is 0 Å². The van der Waals surface area contributed by atoms with Gasteiger partial charge in [-0.25, -0.2) is 4.79 Å². The second-order valence-corrected chi connectivity index (χ2v) is 4.87. The number of ether oxygens (including phenoxy) is 2. The van der Waals surface area contributed by atoms with Crippen molar-refractivity contribution in [3.8, 4) is 5.75 Å². The molecule has 0 radical (unpaired) electrons. The molecule has 0 saturated heterocycles. The molecule has 2 aromatic rings. The monoisotopic (exact) mass is 286 g/mol. The highest BCUT2D eigenvalue weighted by molar-refractivity contribution is 5.89. The van der Waals surface area contributed by atoms with Gasteiger partial charge < -0.3 is 14.6 Å². The van der Waals surface area contributed by atoms with Crippen molar-refractivity contribution < 1.29 is 19.4 Å². The first-order chi connectivity index (χ1) is 9.98. The van der Waals surface area contributed by atoms with Gasteiger partial charge in [-0.1, -0.05) is 24.3 Å². The smallest absolute Gasteiger partial charge is 0.337 e. The lowest BCUT2D eigenvalue weighted by molar-refractivity contribution is 0.0600. The van der Waals surface area contributed by atoms with Crippen LogP contribution in [0.25, 0.3) is 0 Å². The summed E-state index contributed by atoms with van der Waals surface area (Å²) in [5.74, 6) is 0.279. The van der Waals surface area contributed by atoms with Crippen LogP contribution in [-0.2, 0) is 10.3 Å². The van der Waals surface area contributed by atoms with E-state index in [1.54, 1.807) is 44.4 Å². The van der Waals surface area contributed by atoms with Crippen molar-refractivity contribution in [3.63, 3.8) is 0 Å². The summed E-state index contributed by atoms with van der Waals surface area (Å²) < 4.78 is 9.84. The van der Waals surface area contributed by atoms with Crippen LogP contribution in [0.15, 0.2) is 48.5 Å². The standard InChI is InChI=1S/C17H18O4/c1-17(19,14-5-4-6-15(11-14)20-2)13-9-7-12(8-10-13)16(18)21-3/h4-11,19H,1-3H3/t17-/m1/s1. The Morgan fingerprint density at radius 3 is 2.29 bits per heavy atom. The molecule has 0 saturated carbocycles. The Morgan fingerprint density at radius 2 is 1.71 bits per heavy atom. The van der Waals surface area contributed by atoms with Crippen LogP contribution in [0, 0.1) is 0 Å². The number of carbonyl (C=O) groups is 1. The predicted octanol–water partition coefficient (Wildman–Crippen LogP) is 2.74. The van der Waals surface area contributed by atoms with Crippen molar-refractivity contribution in [2.75, 3.05) is 14.2 Å². The van der Waals surface area contributed by atoms with E-state index in [9.17, 15) is 9.90 Å². The maximum Gasteiger partial charge on any atom is 0.337 e. The molecule has 2 aromatic carbocycles. The molecule has 0 spiro atoms. The van der Waals surface area contributed by atoms with Crippen molar-refractivity contribution in [3.05, 3.63) is 65.2 Å². The number of hydrogen-bond donors (Lipinski definition) is 1. The third-order valence-corrected chi connectivity index (χ3v) is 3.50. The van der Waals surface area contributed by atoms with Gasteiger partial charge in [-0.05, 0) is 42.3 Å². The lowest BCUT2D eigenvalue weighted by Crippen LogP contribution is -2.22. The number of benzene rings is 2. The number of rotatable bonds is 4. The van der Waals surface area contributed by atoms with E-state index in [0.29, 0.717) is 22.4 Å². The second-order valence-electron chi connectivity index (χ2n) is 4.87. The summed E-state index contributed by atoms with van der Waals surface area (Å²) in [5.41, 5.74) is 0.669. The van der Waals surface area contributed by atoms with E-state index in [-0.39, 0.29) is 0 Å². The van der Waals surface area contributed by atoms with Crippen LogP contribution in [0.1, 0.15) is 28.4 Å². The van der Waals surface area contributed by atoms with Crippen molar-refractivity contribution in [2.45, 2.75) is 12.5 Å². The van der Waals surface area contributed by atoms with Gasteiger partial charge in [0.05, 0.1) is 19.8 Å². The Hall–Kier alpha value is -2.33. The van der Waals surface area contributed by atoms with Gasteiger partial charge in [0.1, 0.15) is 11.4 Å². The van der Waals surface area contributed by atoms with Gasteiger partial charge >= 0.3 is 5.97 Å². The summed E-state index contributed by atoms with van der Waals surface area (Å²) in [6, 6.07) is 14.0. The minimum absolute atomic E-state index is 0.400. The molecule has 0 bridgehead atoms. The van der Waals surface area contributed by atoms with Crippen LogP contribution >= 0.6 is 0 Å². The van der Waals surface area contributed by atoms with Gasteiger partial charge in [-0.15, -0.1) is 0 Å². The van der Waals surface area contributed by atoms with Crippen LogP contribution < -0.4 is 4.74 Å². The van der Waals surface area contributed by atoms with Crippen LogP contribution in [0.2, 0.25) is 0 Å². The van der Waals surface area contributed by atoms with E-state index in [2.05, 4.69) is 4.74 Å². The molecule has 1 N–H and O–H groups in total. The molecule has 110 valence electrons. The summed E-state index contributed by atoms with van der Waals surface area (Å²) >= 11 is 0. The fourth-order valence-electron chi connectivity index (χ4n) is 2.14. The highest BCUT2D eigenvalue weighted by atomic mass is 16.5. The topological polar surface area (TPSA) is 55.8 Å². The van der Waals surface area contributed by atoms with Gasteiger partial charge in [0, 0.05) is 0 Å². The normalized spacial score (nSPS) is 13.3. The molecule has 0 aliphatic carbocycles. The largest absolute Gasteiger partial charge is 0.497 e. The van der Waals surface area contributed by atoms with Crippen molar-refractivity contribution >= 4 is 5.97 Å². The molecule has 0 heterocycles. The van der Waals surface area contributed by atoms with Crippen molar-refractivity contribution in [2.24, 2.45) is 0 Å². The van der Waals surface area contributed by atoms with E-state index >= 15 is 0 Å². The van der Waals surface area contributed by atoms with E-state index in [1.165, 1.54) is 7.11 Å². The molecule has 0 amide bonds. The molecular weight excluding hydrogens is 268 g/mol. The van der Waals surface area contributed by atoms with Crippen LogP contribution in [-0.4, -0.2) is 25.3 Å². The van der Waals surface area contributed by atoms with E-state index < -0.39 is 11.6 Å². The molecule has 0 aliphatic heterocycles. The fraction of sp³-hybridized carbons (Fsp3) is 0.235. The molecule has 0 aromatic heterocycles. The Bertz CT molecular complexity index is 629. The minimum Gasteiger partial charge on any atom is -0.497 e. The zero-order chi connectivity index (χ0) is 15.5. The number of aliphatic hydroxyl groups is 1. The highest BCUT2D eigenvalue weighted by Crippen LogP contribution is 2.31. The van der Waals surface area contributed by atoms with Gasteiger partial charge in [-0.3, -0.25) is 0 Å². The molecule has 4 nitrogen and oxygen atoms in total. The first-order valence-electron chi connectivity index (χ1n) is 6.55. The number of hydrogen-bond acceptors (Lipinski definition) is 4. The summed E-state index contributed by atoms with van der Waals surface area (Å²) in [4.78, 5) is 11.4. The van der Waals surface area contributed by atoms with Gasteiger partial charge in [-0.2, -0.15) is 0 Å². The predicted molar refractivity (Wildman–Crippen MR) is 79.4 cm³/mol. The Kier molecular flexibility index (Phi) is 4.29. The Morgan fingerprint density at radius 1 is 1.05 bits per heavy atom. The number of methoxy groups -OCH3 is 2. The van der Waals surface area contributed by atoms with E-state index in [0.717, 1.165) is 0 Å². The second kappa shape index (κ2) is 5.97. The molecule has 1 atom stereocenters. The first-order valence-corrected chi connectivity index (χ1v) is 6.55. The Labute approximate surface area is 123 Å². The molecule has 0 fully saturated rings. The molecule has 4 heteroatoms. The quantitative estimate of drug-likeness (QED) is 0.878. The third-order valence-electron chi connectivity index (χ3n) is 3.50. The third kappa shape index (κ3) is 3.06. The van der Waals surface area contributed by atoms with Gasteiger partial charge in [0.25, 0.3) is 0 Å².